The van der Waals surface area contributed by atoms with Crippen LogP contribution in [0.1, 0.15) is 39.0 Å². The Labute approximate surface area is 80.0 Å². The van der Waals surface area contributed by atoms with Crippen molar-refractivity contribution in [2.45, 2.75) is 48.2 Å². The van der Waals surface area contributed by atoms with E-state index in [9.17, 15) is 0 Å². The fraction of sp³-hybridized carbons (Fsp3) is 1.00. The minimum absolute atomic E-state index is 0.408. The summed E-state index contributed by atoms with van der Waals surface area (Å²) in [7, 11) is 0. The van der Waals surface area contributed by atoms with Crippen molar-refractivity contribution < 1.29 is 0 Å². The third kappa shape index (κ3) is 1.76. The summed E-state index contributed by atoms with van der Waals surface area (Å²) in [5.74, 6) is 0. The predicted molar refractivity (Wildman–Crippen MR) is 53.1 cm³/mol. The molecule has 0 aliphatic heterocycles. The highest BCUT2D eigenvalue weighted by molar-refractivity contribution is 9.12. The summed E-state index contributed by atoms with van der Waals surface area (Å²) in [6, 6.07) is 0. The molecule has 0 nitrogen and oxygen atoms in total. The molecule has 10 heavy (non-hydrogen) atoms. The molecule has 0 spiro atoms. The molecular weight excluding hydrogens is 256 g/mol. The second-order valence-corrected chi connectivity index (χ2v) is 5.79. The van der Waals surface area contributed by atoms with E-state index >= 15 is 0 Å². The van der Waals surface area contributed by atoms with E-state index in [1.165, 1.54) is 32.1 Å². The number of alkyl halides is 2. The second-order valence-electron chi connectivity index (χ2n) is 3.10. The molecule has 60 valence electrons. The summed E-state index contributed by atoms with van der Waals surface area (Å²) in [4.78, 5) is 0.693. The van der Waals surface area contributed by atoms with Crippen molar-refractivity contribution in [2.24, 2.45) is 0 Å². The van der Waals surface area contributed by atoms with Crippen molar-refractivity contribution in [3.63, 3.8) is 0 Å². The zero-order chi connectivity index (χ0) is 7.61. The molecule has 0 bridgehead atoms. The van der Waals surface area contributed by atoms with E-state index in [1.54, 1.807) is 0 Å². The highest BCUT2D eigenvalue weighted by atomic mass is 79.9. The molecule has 0 amide bonds. The zero-order valence-corrected chi connectivity index (χ0v) is 9.54. The van der Waals surface area contributed by atoms with Crippen LogP contribution in [-0.2, 0) is 0 Å². The third-order valence-corrected chi connectivity index (χ3v) is 5.91. The smallest absolute Gasteiger partial charge is 0.0380 e. The van der Waals surface area contributed by atoms with Gasteiger partial charge in [0, 0.05) is 9.15 Å². The van der Waals surface area contributed by atoms with Crippen molar-refractivity contribution in [1.82, 2.24) is 0 Å². The molecule has 0 saturated heterocycles. The van der Waals surface area contributed by atoms with E-state index in [2.05, 4.69) is 38.8 Å². The van der Waals surface area contributed by atoms with Gasteiger partial charge in [-0.25, -0.2) is 0 Å². The minimum atomic E-state index is 0.408. The van der Waals surface area contributed by atoms with Crippen LogP contribution in [0.25, 0.3) is 0 Å². The summed E-state index contributed by atoms with van der Waals surface area (Å²) in [5, 5.41) is 0. The first-order chi connectivity index (χ1) is 4.69. The molecule has 0 aromatic carbocycles. The molecule has 1 saturated carbocycles. The standard InChI is InChI=1S/C8H14Br2/c1-2-8(10)6-4-3-5-7(8)9/h7H,2-6H2,1H3/t7?,8-/m0/s1. The van der Waals surface area contributed by atoms with Gasteiger partial charge in [0.25, 0.3) is 0 Å². The first-order valence-electron chi connectivity index (χ1n) is 4.02. The molecular formula is C8H14Br2. The van der Waals surface area contributed by atoms with Gasteiger partial charge in [-0.2, -0.15) is 0 Å². The van der Waals surface area contributed by atoms with Gasteiger partial charge in [-0.3, -0.25) is 0 Å². The van der Waals surface area contributed by atoms with Crippen molar-refractivity contribution in [3.05, 3.63) is 0 Å². The fourth-order valence-electron chi connectivity index (χ4n) is 1.56. The first kappa shape index (κ1) is 9.05. The van der Waals surface area contributed by atoms with Gasteiger partial charge in [0.1, 0.15) is 0 Å². The van der Waals surface area contributed by atoms with E-state index in [4.69, 9.17) is 0 Å². The van der Waals surface area contributed by atoms with Crippen LogP contribution >= 0.6 is 31.9 Å². The third-order valence-electron chi connectivity index (χ3n) is 2.45. The van der Waals surface area contributed by atoms with Gasteiger partial charge in [-0.05, 0) is 19.3 Å². The SMILES string of the molecule is CC[C@]1(Br)CCCCC1Br. The van der Waals surface area contributed by atoms with Crippen molar-refractivity contribution in [1.29, 1.82) is 0 Å². The molecule has 0 radical (unpaired) electrons. The van der Waals surface area contributed by atoms with Gasteiger partial charge in [0.05, 0.1) is 0 Å². The summed E-state index contributed by atoms with van der Waals surface area (Å²) in [6.07, 6.45) is 6.69. The lowest BCUT2D eigenvalue weighted by molar-refractivity contribution is 0.413. The largest absolute Gasteiger partial charge is 0.0875 e. The van der Waals surface area contributed by atoms with Crippen molar-refractivity contribution in [3.8, 4) is 0 Å². The Bertz CT molecular complexity index is 114. The Morgan fingerprint density at radius 3 is 2.60 bits per heavy atom. The molecule has 1 aliphatic rings. The fourth-order valence-corrected chi connectivity index (χ4v) is 2.94. The van der Waals surface area contributed by atoms with Crippen LogP contribution in [0, 0.1) is 0 Å². The van der Waals surface area contributed by atoms with E-state index in [0.717, 1.165) is 0 Å². The average molecular weight is 270 g/mol. The van der Waals surface area contributed by atoms with Crippen LogP contribution in [0.2, 0.25) is 0 Å². The molecule has 1 rings (SSSR count). The maximum Gasteiger partial charge on any atom is 0.0380 e. The van der Waals surface area contributed by atoms with Crippen LogP contribution < -0.4 is 0 Å². The predicted octanol–water partition coefficient (Wildman–Crippen LogP) is 3.87. The average Bonchev–Trinajstić information content (AvgIpc) is 1.96. The van der Waals surface area contributed by atoms with Gasteiger partial charge in [-0.15, -0.1) is 0 Å². The lowest BCUT2D eigenvalue weighted by Crippen LogP contribution is -2.34. The minimum Gasteiger partial charge on any atom is -0.0875 e. The molecule has 0 N–H and O–H groups in total. The molecule has 0 aromatic rings. The lowest BCUT2D eigenvalue weighted by Gasteiger charge is -2.35. The maximum atomic E-state index is 3.81. The summed E-state index contributed by atoms with van der Waals surface area (Å²) >= 11 is 7.54. The Kier molecular flexibility index (Phi) is 3.23. The Balaban J connectivity index is 2.54. The number of hydrogen-bond acceptors (Lipinski definition) is 0. The van der Waals surface area contributed by atoms with E-state index in [-0.39, 0.29) is 0 Å². The lowest BCUT2D eigenvalue weighted by atomic mass is 9.87. The summed E-state index contributed by atoms with van der Waals surface area (Å²) < 4.78 is 0.408. The van der Waals surface area contributed by atoms with Gasteiger partial charge in [0.15, 0.2) is 0 Å². The molecule has 2 atom stereocenters. The van der Waals surface area contributed by atoms with E-state index in [1.807, 2.05) is 0 Å². The Morgan fingerprint density at radius 2 is 2.20 bits per heavy atom. The highest BCUT2D eigenvalue weighted by Gasteiger charge is 2.34. The van der Waals surface area contributed by atoms with Gasteiger partial charge >= 0.3 is 0 Å². The maximum absolute atomic E-state index is 3.81. The van der Waals surface area contributed by atoms with E-state index < -0.39 is 0 Å². The number of halogens is 2. The van der Waals surface area contributed by atoms with Gasteiger partial charge < -0.3 is 0 Å². The Hall–Kier alpha value is 0.960. The first-order valence-corrected chi connectivity index (χ1v) is 5.73. The topological polar surface area (TPSA) is 0 Å². The van der Waals surface area contributed by atoms with Crippen LogP contribution in [-0.4, -0.2) is 9.15 Å². The van der Waals surface area contributed by atoms with Crippen LogP contribution in [0.4, 0.5) is 0 Å². The summed E-state index contributed by atoms with van der Waals surface area (Å²) in [5.41, 5.74) is 0. The van der Waals surface area contributed by atoms with Crippen LogP contribution in [0.15, 0.2) is 0 Å². The Morgan fingerprint density at radius 1 is 1.50 bits per heavy atom. The van der Waals surface area contributed by atoms with Gasteiger partial charge in [0.2, 0.25) is 0 Å². The number of rotatable bonds is 1. The van der Waals surface area contributed by atoms with Crippen LogP contribution in [0.5, 0.6) is 0 Å². The molecule has 0 heterocycles. The quantitative estimate of drug-likeness (QED) is 0.634. The zero-order valence-electron chi connectivity index (χ0n) is 6.37. The monoisotopic (exact) mass is 268 g/mol. The molecule has 1 aliphatic carbocycles. The molecule has 1 unspecified atom stereocenters. The van der Waals surface area contributed by atoms with Crippen molar-refractivity contribution >= 4 is 31.9 Å². The van der Waals surface area contributed by atoms with E-state index in [0.29, 0.717) is 9.15 Å². The molecule has 2 heteroatoms. The molecule has 0 aromatic heterocycles. The van der Waals surface area contributed by atoms with Gasteiger partial charge in [-0.1, -0.05) is 51.6 Å². The summed E-state index contributed by atoms with van der Waals surface area (Å²) in [6.45, 7) is 2.26. The highest BCUT2D eigenvalue weighted by Crippen LogP contribution is 2.42. The normalized spacial score (nSPS) is 41.7. The molecule has 1 fully saturated rings. The van der Waals surface area contributed by atoms with Crippen molar-refractivity contribution in [2.75, 3.05) is 0 Å². The second kappa shape index (κ2) is 3.57. The van der Waals surface area contributed by atoms with Crippen LogP contribution in [0.3, 0.4) is 0 Å². The number of hydrogen-bond donors (Lipinski definition) is 0.